The third-order valence-electron chi connectivity index (χ3n) is 5.92. The summed E-state index contributed by atoms with van der Waals surface area (Å²) in [5, 5.41) is 9.52. The van der Waals surface area contributed by atoms with Crippen LogP contribution in [0.1, 0.15) is 33.8 Å². The molecule has 0 spiro atoms. The van der Waals surface area contributed by atoms with E-state index in [2.05, 4.69) is 10.6 Å². The molecule has 0 aliphatic heterocycles. The predicted molar refractivity (Wildman–Crippen MR) is 133 cm³/mol. The molecule has 2 heterocycles. The summed E-state index contributed by atoms with van der Waals surface area (Å²) in [7, 11) is 3.26. The number of pyridine rings is 1. The number of methoxy groups -OCH3 is 2. The number of aryl methyl sites for hydroxylation is 1. The normalized spacial score (nSPS) is 12.8. The van der Waals surface area contributed by atoms with Crippen molar-refractivity contribution in [3.05, 3.63) is 70.0 Å². The Kier molecular flexibility index (Phi) is 5.88. The monoisotopic (exact) mass is 459 g/mol. The molecule has 4 aromatic rings. The van der Waals surface area contributed by atoms with E-state index in [1.807, 2.05) is 53.9 Å². The lowest BCUT2D eigenvalue weighted by molar-refractivity contribution is 0.103. The van der Waals surface area contributed by atoms with Crippen LogP contribution in [0.15, 0.2) is 53.9 Å². The van der Waals surface area contributed by atoms with Crippen LogP contribution < -0.4 is 20.1 Å². The van der Waals surface area contributed by atoms with Gasteiger partial charge in [-0.25, -0.2) is 0 Å². The lowest BCUT2D eigenvalue weighted by atomic mass is 9.92. The fourth-order valence-corrected chi connectivity index (χ4v) is 4.92. The summed E-state index contributed by atoms with van der Waals surface area (Å²) in [6.45, 7) is 0. The highest BCUT2D eigenvalue weighted by Crippen LogP contribution is 2.38. The molecule has 168 valence electrons. The molecule has 0 radical (unpaired) electrons. The van der Waals surface area contributed by atoms with Crippen LogP contribution in [0.4, 0.5) is 17.1 Å². The van der Waals surface area contributed by atoms with Gasteiger partial charge in [-0.2, -0.15) is 0 Å². The summed E-state index contributed by atoms with van der Waals surface area (Å²) in [6, 6.07) is 15.4. The topological polar surface area (TPSA) is 72.5 Å². The van der Waals surface area contributed by atoms with Gasteiger partial charge in [0.1, 0.15) is 0 Å². The molecule has 2 aromatic heterocycles. The quantitative estimate of drug-likeness (QED) is 0.360. The number of hydrogen-bond acceptors (Lipinski definition) is 6. The molecule has 5 rings (SSSR count). The van der Waals surface area contributed by atoms with E-state index in [1.165, 1.54) is 16.9 Å². The summed E-state index contributed by atoms with van der Waals surface area (Å²) in [5.74, 6) is 1.24. The molecule has 0 unspecified atom stereocenters. The second kappa shape index (κ2) is 9.11. The Morgan fingerprint density at radius 1 is 0.970 bits per heavy atom. The van der Waals surface area contributed by atoms with Crippen molar-refractivity contribution in [1.82, 2.24) is 4.98 Å². The predicted octanol–water partition coefficient (Wildman–Crippen LogP) is 6.19. The number of hydrogen-bond donors (Lipinski definition) is 2. The van der Waals surface area contributed by atoms with E-state index in [9.17, 15) is 4.79 Å². The highest BCUT2D eigenvalue weighted by atomic mass is 32.1. The van der Waals surface area contributed by atoms with Gasteiger partial charge in [-0.3, -0.25) is 9.78 Å². The molecule has 0 atom stereocenters. The molecule has 0 fully saturated rings. The van der Waals surface area contributed by atoms with Crippen LogP contribution in [0.2, 0.25) is 0 Å². The highest BCUT2D eigenvalue weighted by molar-refractivity contribution is 7.12. The molecule has 2 N–H and O–H groups in total. The van der Waals surface area contributed by atoms with E-state index in [1.54, 1.807) is 14.2 Å². The van der Waals surface area contributed by atoms with Gasteiger partial charge in [-0.15, -0.1) is 11.3 Å². The zero-order chi connectivity index (χ0) is 22.8. The van der Waals surface area contributed by atoms with Gasteiger partial charge in [-0.1, -0.05) is 6.07 Å². The highest BCUT2D eigenvalue weighted by Gasteiger charge is 2.20. The van der Waals surface area contributed by atoms with Gasteiger partial charge < -0.3 is 20.1 Å². The molecule has 1 aliphatic carbocycles. The minimum atomic E-state index is -0.107. The van der Waals surface area contributed by atoms with Crippen molar-refractivity contribution >= 4 is 45.2 Å². The summed E-state index contributed by atoms with van der Waals surface area (Å²) in [6.07, 6.45) is 4.23. The average Bonchev–Trinajstić information content (AvgIpc) is 3.39. The fourth-order valence-electron chi connectivity index (χ4n) is 4.30. The molecule has 7 heteroatoms. The number of thiophene rings is 1. The van der Waals surface area contributed by atoms with Crippen molar-refractivity contribution in [3.63, 3.8) is 0 Å². The van der Waals surface area contributed by atoms with Crippen molar-refractivity contribution in [2.75, 3.05) is 24.9 Å². The third kappa shape index (κ3) is 4.24. The maximum Gasteiger partial charge on any atom is 0.265 e. The van der Waals surface area contributed by atoms with Crippen LogP contribution in [0.3, 0.4) is 0 Å². The average molecular weight is 460 g/mol. The van der Waals surface area contributed by atoms with Gasteiger partial charge in [0.05, 0.1) is 30.3 Å². The Morgan fingerprint density at radius 2 is 1.79 bits per heavy atom. The Morgan fingerprint density at radius 3 is 2.58 bits per heavy atom. The maximum atomic E-state index is 12.6. The zero-order valence-corrected chi connectivity index (χ0v) is 19.4. The molecule has 0 bridgehead atoms. The molecule has 1 amide bonds. The number of benzene rings is 2. The van der Waals surface area contributed by atoms with Crippen molar-refractivity contribution < 1.29 is 14.3 Å². The zero-order valence-electron chi connectivity index (χ0n) is 18.6. The van der Waals surface area contributed by atoms with Gasteiger partial charge in [0.25, 0.3) is 5.91 Å². The van der Waals surface area contributed by atoms with Gasteiger partial charge in [0.15, 0.2) is 11.5 Å². The minimum Gasteiger partial charge on any atom is -0.493 e. The van der Waals surface area contributed by atoms with Gasteiger partial charge in [0.2, 0.25) is 0 Å². The van der Waals surface area contributed by atoms with E-state index < -0.39 is 0 Å². The first-order valence-corrected chi connectivity index (χ1v) is 11.8. The van der Waals surface area contributed by atoms with E-state index in [-0.39, 0.29) is 5.91 Å². The van der Waals surface area contributed by atoms with Crippen LogP contribution in [-0.4, -0.2) is 25.1 Å². The van der Waals surface area contributed by atoms with Crippen LogP contribution >= 0.6 is 11.3 Å². The largest absolute Gasteiger partial charge is 0.493 e. The Labute approximate surface area is 196 Å². The number of anilines is 3. The second-order valence-corrected chi connectivity index (χ2v) is 8.92. The van der Waals surface area contributed by atoms with Crippen LogP contribution in [-0.2, 0) is 12.8 Å². The van der Waals surface area contributed by atoms with Crippen LogP contribution in [0.5, 0.6) is 11.5 Å². The Hall–Kier alpha value is -3.58. The number of ether oxygens (including phenoxy) is 2. The molecule has 1 aliphatic rings. The lowest BCUT2D eigenvalue weighted by Gasteiger charge is -2.22. The van der Waals surface area contributed by atoms with E-state index in [0.29, 0.717) is 16.4 Å². The Balaban J connectivity index is 1.58. The number of amides is 1. The van der Waals surface area contributed by atoms with E-state index >= 15 is 0 Å². The van der Waals surface area contributed by atoms with Gasteiger partial charge >= 0.3 is 0 Å². The summed E-state index contributed by atoms with van der Waals surface area (Å²) in [4.78, 5) is 18.2. The second-order valence-electron chi connectivity index (χ2n) is 7.98. The SMILES string of the molecule is COc1ccc(Nc2c3c(nc4ccc(NC(=O)c5cccs5)cc24)CCCC3)cc1OC. The number of aromatic nitrogens is 1. The van der Waals surface area contributed by atoms with Crippen molar-refractivity contribution in [1.29, 1.82) is 0 Å². The van der Waals surface area contributed by atoms with Crippen molar-refractivity contribution in [2.24, 2.45) is 0 Å². The molecular formula is C26H25N3O3S. The summed E-state index contributed by atoms with van der Waals surface area (Å²) < 4.78 is 10.9. The Bertz CT molecular complexity index is 1320. The standard InChI is InChI=1S/C26H25N3O3S/c1-31-22-12-10-17(15-23(22)32-2)27-25-18-6-3-4-7-20(18)29-21-11-9-16(14-19(21)25)28-26(30)24-8-5-13-33-24/h5,8-15H,3-4,6-7H2,1-2H3,(H,27,29)(H,28,30). The third-order valence-corrected chi connectivity index (χ3v) is 6.79. The minimum absolute atomic E-state index is 0.107. The van der Waals surface area contributed by atoms with Crippen LogP contribution in [0.25, 0.3) is 10.9 Å². The number of rotatable bonds is 6. The summed E-state index contributed by atoms with van der Waals surface area (Å²) in [5.41, 5.74) is 5.98. The number of nitrogens with zero attached hydrogens (tertiary/aromatic N) is 1. The van der Waals surface area contributed by atoms with Crippen molar-refractivity contribution in [2.45, 2.75) is 25.7 Å². The lowest BCUT2D eigenvalue weighted by Crippen LogP contribution is -2.11. The first-order valence-electron chi connectivity index (χ1n) is 11.0. The number of nitrogens with one attached hydrogen (secondary N) is 2. The number of fused-ring (bicyclic) bond motifs is 2. The summed E-state index contributed by atoms with van der Waals surface area (Å²) >= 11 is 1.43. The number of carbonyl (C=O) groups is 1. The van der Waals surface area contributed by atoms with E-state index in [0.717, 1.165) is 59.3 Å². The maximum absolute atomic E-state index is 12.6. The smallest absolute Gasteiger partial charge is 0.265 e. The molecule has 33 heavy (non-hydrogen) atoms. The molecule has 0 saturated carbocycles. The van der Waals surface area contributed by atoms with Crippen molar-refractivity contribution in [3.8, 4) is 11.5 Å². The van der Waals surface area contributed by atoms with E-state index in [4.69, 9.17) is 14.5 Å². The molecular weight excluding hydrogens is 434 g/mol. The van der Waals surface area contributed by atoms with Crippen LogP contribution in [0, 0.1) is 0 Å². The first kappa shape index (κ1) is 21.3. The fraction of sp³-hybridized carbons (Fsp3) is 0.231. The molecule has 0 saturated heterocycles. The molecule has 6 nitrogen and oxygen atoms in total. The van der Waals surface area contributed by atoms with Gasteiger partial charge in [0, 0.05) is 28.5 Å². The first-order chi connectivity index (χ1) is 16.2. The number of carbonyl (C=O) groups excluding carboxylic acids is 1. The molecule has 2 aromatic carbocycles. The van der Waals surface area contributed by atoms with Gasteiger partial charge in [-0.05, 0) is 73.0 Å².